The predicted octanol–water partition coefficient (Wildman–Crippen LogP) is 3.16. The first-order valence-corrected chi connectivity index (χ1v) is 10.7. The molecule has 0 saturated carbocycles. The van der Waals surface area contributed by atoms with Crippen molar-refractivity contribution in [1.82, 2.24) is 29.0 Å². The first-order valence-electron chi connectivity index (χ1n) is 10.7. The summed E-state index contributed by atoms with van der Waals surface area (Å²) in [5, 5.41) is 7.26. The van der Waals surface area contributed by atoms with Gasteiger partial charge < -0.3 is 19.2 Å². The molecule has 0 saturated heterocycles. The number of aryl methyl sites for hydroxylation is 2. The largest absolute Gasteiger partial charge is 0.493 e. The van der Waals surface area contributed by atoms with Crippen LogP contribution in [-0.2, 0) is 17.8 Å². The molecular weight excluding hydrogens is 434 g/mol. The van der Waals surface area contributed by atoms with Gasteiger partial charge in [-0.25, -0.2) is 14.5 Å². The molecule has 0 fully saturated rings. The second-order valence-electron chi connectivity index (χ2n) is 7.86. The highest BCUT2D eigenvalue weighted by atomic mass is 16.5. The van der Waals surface area contributed by atoms with Gasteiger partial charge in [0.25, 0.3) is 5.78 Å². The molecule has 0 atom stereocenters. The van der Waals surface area contributed by atoms with Crippen molar-refractivity contribution in [1.29, 1.82) is 0 Å². The summed E-state index contributed by atoms with van der Waals surface area (Å²) in [6, 6.07) is 12.9. The molecule has 1 aromatic carbocycles. The number of pyridine rings is 1. The first-order chi connectivity index (χ1) is 16.5. The Balaban J connectivity index is 1.28. The summed E-state index contributed by atoms with van der Waals surface area (Å²) in [4.78, 5) is 25.9. The van der Waals surface area contributed by atoms with Crippen LogP contribution in [0, 0.1) is 13.8 Å². The van der Waals surface area contributed by atoms with Crippen LogP contribution in [0.25, 0.3) is 11.4 Å². The summed E-state index contributed by atoms with van der Waals surface area (Å²) in [6.45, 7) is 4.07. The lowest BCUT2D eigenvalue weighted by Crippen LogP contribution is -2.15. The molecule has 1 amide bonds. The quantitative estimate of drug-likeness (QED) is 0.400. The van der Waals surface area contributed by atoms with Crippen LogP contribution in [0.2, 0.25) is 0 Å². The molecule has 0 spiro atoms. The molecular formula is C24H23N7O3. The third-order valence-corrected chi connectivity index (χ3v) is 5.22. The van der Waals surface area contributed by atoms with Gasteiger partial charge in [-0.1, -0.05) is 6.07 Å². The molecule has 0 radical (unpaired) electrons. The molecule has 10 nitrogen and oxygen atoms in total. The SMILES string of the molecule is COc1ccc(NC(=O)Cc2nc3nc(C)cc(C)n3n2)cc1OCc1cn2ccccc2n1. The van der Waals surface area contributed by atoms with E-state index in [1.165, 1.54) is 0 Å². The van der Waals surface area contributed by atoms with Crippen LogP contribution in [0.4, 0.5) is 5.69 Å². The van der Waals surface area contributed by atoms with Crippen LogP contribution >= 0.6 is 0 Å². The molecule has 0 aliphatic carbocycles. The maximum absolute atomic E-state index is 12.6. The van der Waals surface area contributed by atoms with Gasteiger partial charge in [-0.15, -0.1) is 5.10 Å². The van der Waals surface area contributed by atoms with Gasteiger partial charge in [-0.05, 0) is 44.2 Å². The number of carbonyl (C=O) groups is 1. The number of ether oxygens (including phenoxy) is 2. The van der Waals surface area contributed by atoms with Crippen molar-refractivity contribution in [3.05, 3.63) is 77.8 Å². The smallest absolute Gasteiger partial charge is 0.252 e. The van der Waals surface area contributed by atoms with Crippen LogP contribution in [0.3, 0.4) is 0 Å². The zero-order valence-electron chi connectivity index (χ0n) is 19.0. The number of rotatable bonds is 7. The van der Waals surface area contributed by atoms with Gasteiger partial charge in [0.2, 0.25) is 5.91 Å². The molecule has 5 rings (SSSR count). The van der Waals surface area contributed by atoms with Crippen molar-refractivity contribution in [2.45, 2.75) is 26.9 Å². The van der Waals surface area contributed by atoms with E-state index in [4.69, 9.17) is 9.47 Å². The second kappa shape index (κ2) is 8.81. The third-order valence-electron chi connectivity index (χ3n) is 5.22. The fourth-order valence-electron chi connectivity index (χ4n) is 3.71. The molecule has 0 unspecified atom stereocenters. The number of benzene rings is 1. The minimum Gasteiger partial charge on any atom is -0.493 e. The van der Waals surface area contributed by atoms with Crippen molar-refractivity contribution in [2.75, 3.05) is 12.4 Å². The Bertz CT molecular complexity index is 1470. The topological polar surface area (TPSA) is 108 Å². The summed E-state index contributed by atoms with van der Waals surface area (Å²) >= 11 is 0. The van der Waals surface area contributed by atoms with Crippen molar-refractivity contribution < 1.29 is 14.3 Å². The zero-order chi connectivity index (χ0) is 23.7. The Morgan fingerprint density at radius 2 is 1.94 bits per heavy atom. The predicted molar refractivity (Wildman–Crippen MR) is 125 cm³/mol. The molecule has 0 aliphatic heterocycles. The number of hydrogen-bond donors (Lipinski definition) is 1. The van der Waals surface area contributed by atoms with Gasteiger partial charge in [-0.2, -0.15) is 4.98 Å². The highest BCUT2D eigenvalue weighted by Gasteiger charge is 2.14. The maximum Gasteiger partial charge on any atom is 0.252 e. The van der Waals surface area contributed by atoms with Crippen LogP contribution in [0.5, 0.6) is 11.5 Å². The Hall–Kier alpha value is -4.47. The molecule has 1 N–H and O–H groups in total. The Kier molecular flexibility index (Phi) is 5.54. The molecule has 0 bridgehead atoms. The fraction of sp³-hybridized carbons (Fsp3) is 0.208. The van der Waals surface area contributed by atoms with E-state index < -0.39 is 0 Å². The zero-order valence-corrected chi connectivity index (χ0v) is 19.0. The van der Waals surface area contributed by atoms with E-state index in [0.29, 0.717) is 28.8 Å². The number of anilines is 1. The fourth-order valence-corrected chi connectivity index (χ4v) is 3.71. The lowest BCUT2D eigenvalue weighted by atomic mass is 10.2. The first kappa shape index (κ1) is 21.4. The Morgan fingerprint density at radius 3 is 2.76 bits per heavy atom. The molecule has 34 heavy (non-hydrogen) atoms. The van der Waals surface area contributed by atoms with Gasteiger partial charge in [0.05, 0.1) is 19.2 Å². The lowest BCUT2D eigenvalue weighted by Gasteiger charge is -2.12. The number of nitrogens with zero attached hydrogens (tertiary/aromatic N) is 6. The number of amides is 1. The number of hydrogen-bond acceptors (Lipinski definition) is 7. The van der Waals surface area contributed by atoms with E-state index in [1.54, 1.807) is 29.8 Å². The average molecular weight is 457 g/mol. The summed E-state index contributed by atoms with van der Waals surface area (Å²) in [7, 11) is 1.57. The highest BCUT2D eigenvalue weighted by Crippen LogP contribution is 2.31. The van der Waals surface area contributed by atoms with E-state index >= 15 is 0 Å². The average Bonchev–Trinajstić information content (AvgIpc) is 3.41. The number of imidazole rings is 1. The van der Waals surface area contributed by atoms with Crippen molar-refractivity contribution in [3.63, 3.8) is 0 Å². The molecule has 4 heterocycles. The summed E-state index contributed by atoms with van der Waals surface area (Å²) in [6.07, 6.45) is 3.86. The minimum absolute atomic E-state index is 0.0192. The number of aromatic nitrogens is 6. The Labute approximate surface area is 195 Å². The van der Waals surface area contributed by atoms with Gasteiger partial charge in [0.1, 0.15) is 12.3 Å². The van der Waals surface area contributed by atoms with E-state index in [1.807, 2.05) is 54.9 Å². The summed E-state index contributed by atoms with van der Waals surface area (Å²) in [5.74, 6) is 1.68. The molecule has 4 aromatic heterocycles. The number of fused-ring (bicyclic) bond motifs is 2. The van der Waals surface area contributed by atoms with Crippen LogP contribution in [0.1, 0.15) is 22.9 Å². The lowest BCUT2D eigenvalue weighted by molar-refractivity contribution is -0.115. The van der Waals surface area contributed by atoms with Gasteiger partial charge in [0.15, 0.2) is 17.3 Å². The Morgan fingerprint density at radius 1 is 1.06 bits per heavy atom. The minimum atomic E-state index is -0.248. The number of nitrogens with one attached hydrogen (secondary N) is 1. The molecule has 172 valence electrons. The second-order valence-corrected chi connectivity index (χ2v) is 7.86. The van der Waals surface area contributed by atoms with Crippen LogP contribution in [-0.4, -0.2) is 42.0 Å². The normalized spacial score (nSPS) is 11.1. The highest BCUT2D eigenvalue weighted by molar-refractivity contribution is 5.92. The van der Waals surface area contributed by atoms with Gasteiger partial charge in [-0.3, -0.25) is 4.79 Å². The van der Waals surface area contributed by atoms with E-state index in [2.05, 4.69) is 25.4 Å². The van der Waals surface area contributed by atoms with E-state index in [0.717, 1.165) is 22.7 Å². The van der Waals surface area contributed by atoms with Gasteiger partial charge in [0, 0.05) is 35.5 Å². The number of methoxy groups -OCH3 is 1. The summed E-state index contributed by atoms with van der Waals surface area (Å²) in [5.41, 5.74) is 3.95. The van der Waals surface area contributed by atoms with Crippen molar-refractivity contribution >= 4 is 23.0 Å². The van der Waals surface area contributed by atoms with Crippen LogP contribution in [0.15, 0.2) is 54.9 Å². The molecule has 5 aromatic rings. The maximum atomic E-state index is 12.6. The number of carbonyl (C=O) groups excluding carboxylic acids is 1. The van der Waals surface area contributed by atoms with Gasteiger partial charge >= 0.3 is 0 Å². The molecule has 10 heteroatoms. The standard InChI is InChI=1S/C24H23N7O3/c1-15-10-16(2)31-24(25-15)28-21(29-31)12-23(32)27-17-7-8-19(33-3)20(11-17)34-14-18-13-30-9-5-4-6-22(30)26-18/h4-11,13H,12,14H2,1-3H3,(H,27,32). The third kappa shape index (κ3) is 4.38. The molecule has 0 aliphatic rings. The van der Waals surface area contributed by atoms with Crippen molar-refractivity contribution in [3.8, 4) is 11.5 Å². The summed E-state index contributed by atoms with van der Waals surface area (Å²) < 4.78 is 14.9. The monoisotopic (exact) mass is 457 g/mol. The van der Waals surface area contributed by atoms with E-state index in [9.17, 15) is 4.79 Å². The van der Waals surface area contributed by atoms with E-state index in [-0.39, 0.29) is 18.9 Å². The van der Waals surface area contributed by atoms with Crippen molar-refractivity contribution in [2.24, 2.45) is 0 Å². The van der Waals surface area contributed by atoms with Crippen LogP contribution < -0.4 is 14.8 Å².